The van der Waals surface area contributed by atoms with Gasteiger partial charge in [0.05, 0.1) is 6.04 Å². The molecule has 3 N–H and O–H groups in total. The lowest BCUT2D eigenvalue weighted by molar-refractivity contribution is 0.436. The highest BCUT2D eigenvalue weighted by Gasteiger charge is 2.47. The summed E-state index contributed by atoms with van der Waals surface area (Å²) < 4.78 is 31.3. The van der Waals surface area contributed by atoms with Crippen LogP contribution in [-0.4, -0.2) is 19.0 Å². The van der Waals surface area contributed by atoms with Gasteiger partial charge in [0.15, 0.2) is 4.75 Å². The molecule has 4 nitrogen and oxygen atoms in total. The lowest BCUT2D eigenvalue weighted by atomic mass is 9.87. The van der Waals surface area contributed by atoms with Gasteiger partial charge in [0.1, 0.15) is 0 Å². The molecule has 0 unspecified atom stereocenters. The molecule has 0 heterocycles. The predicted molar refractivity (Wildman–Crippen MR) is 65.9 cm³/mol. The molecule has 0 radical (unpaired) electrons. The van der Waals surface area contributed by atoms with Gasteiger partial charge in [-0.1, -0.05) is 54.6 Å². The van der Waals surface area contributed by atoms with Crippen molar-refractivity contribution < 1.29 is 13.0 Å². The Hall–Kier alpha value is -1.43. The minimum Gasteiger partial charge on any atom is -0.322 e. The Balaban J connectivity index is 2.70. The highest BCUT2D eigenvalue weighted by Crippen LogP contribution is 2.36. The van der Waals surface area contributed by atoms with Crippen molar-refractivity contribution >= 4 is 10.1 Å². The molecule has 90 valence electrons. The number of hydrogen-bond acceptors (Lipinski definition) is 3. The fraction of sp³-hybridized carbons (Fsp3) is 0.167. The van der Waals surface area contributed by atoms with Gasteiger partial charge in [-0.3, -0.25) is 4.55 Å². The first kappa shape index (κ1) is 12.0. The van der Waals surface area contributed by atoms with E-state index in [1.54, 1.807) is 48.6 Å². The molecule has 0 fully saturated rings. The number of benzene rings is 1. The van der Waals surface area contributed by atoms with E-state index < -0.39 is 20.9 Å². The highest BCUT2D eigenvalue weighted by molar-refractivity contribution is 7.87. The first-order valence-corrected chi connectivity index (χ1v) is 6.56. The van der Waals surface area contributed by atoms with E-state index in [0.29, 0.717) is 5.56 Å². The Morgan fingerprint density at radius 2 is 1.82 bits per heavy atom. The smallest absolute Gasteiger partial charge is 0.280 e. The van der Waals surface area contributed by atoms with E-state index in [9.17, 15) is 13.0 Å². The van der Waals surface area contributed by atoms with Crippen LogP contribution in [0.15, 0.2) is 54.6 Å². The molecule has 2 rings (SSSR count). The molecule has 0 aromatic heterocycles. The summed E-state index contributed by atoms with van der Waals surface area (Å²) in [5.74, 6) is 0. The molecule has 1 aromatic rings. The van der Waals surface area contributed by atoms with Gasteiger partial charge in [-0.15, -0.1) is 0 Å². The quantitative estimate of drug-likeness (QED) is 0.774. The van der Waals surface area contributed by atoms with Gasteiger partial charge in [-0.05, 0) is 5.56 Å². The SMILES string of the molecule is N[C@H]1C=CC=C[C@]1(c1ccccc1)S(=O)(=O)O. The molecule has 0 amide bonds. The van der Waals surface area contributed by atoms with Crippen LogP contribution in [0, 0.1) is 0 Å². The zero-order valence-corrected chi connectivity index (χ0v) is 9.84. The van der Waals surface area contributed by atoms with Crippen LogP contribution in [-0.2, 0) is 14.9 Å². The van der Waals surface area contributed by atoms with Gasteiger partial charge in [0.2, 0.25) is 0 Å². The maximum absolute atomic E-state index is 11.7. The van der Waals surface area contributed by atoms with Crippen molar-refractivity contribution in [3.63, 3.8) is 0 Å². The van der Waals surface area contributed by atoms with E-state index in [4.69, 9.17) is 5.73 Å². The molecule has 0 spiro atoms. The average Bonchev–Trinajstić information content (AvgIpc) is 2.29. The molecule has 2 atom stereocenters. The predicted octanol–water partition coefficient (Wildman–Crippen LogP) is 1.22. The molecule has 1 aliphatic carbocycles. The maximum atomic E-state index is 11.7. The highest BCUT2D eigenvalue weighted by atomic mass is 32.2. The summed E-state index contributed by atoms with van der Waals surface area (Å²) in [4.78, 5) is 0. The molecule has 17 heavy (non-hydrogen) atoms. The summed E-state index contributed by atoms with van der Waals surface area (Å²) in [5.41, 5.74) is 6.31. The molecule has 1 aromatic carbocycles. The third-order valence-electron chi connectivity index (χ3n) is 2.92. The lowest BCUT2D eigenvalue weighted by Crippen LogP contribution is -2.49. The van der Waals surface area contributed by atoms with Crippen LogP contribution in [0.2, 0.25) is 0 Å². The Labute approximate surface area is 100 Å². The maximum Gasteiger partial charge on any atom is 0.280 e. The summed E-state index contributed by atoms with van der Waals surface area (Å²) in [6.45, 7) is 0. The van der Waals surface area contributed by atoms with Crippen molar-refractivity contribution in [3.05, 3.63) is 60.2 Å². The minimum atomic E-state index is -4.35. The Kier molecular flexibility index (Phi) is 2.91. The molecule has 1 aliphatic rings. The van der Waals surface area contributed by atoms with Gasteiger partial charge in [-0.25, -0.2) is 0 Å². The van der Waals surface area contributed by atoms with E-state index >= 15 is 0 Å². The summed E-state index contributed by atoms with van der Waals surface area (Å²) in [6.07, 6.45) is 6.21. The second-order valence-electron chi connectivity index (χ2n) is 3.90. The van der Waals surface area contributed by atoms with E-state index in [2.05, 4.69) is 0 Å². The summed E-state index contributed by atoms with van der Waals surface area (Å²) in [6, 6.07) is 7.65. The fourth-order valence-corrected chi connectivity index (χ4v) is 3.14. The summed E-state index contributed by atoms with van der Waals surface area (Å²) in [7, 11) is -4.35. The van der Waals surface area contributed by atoms with Gasteiger partial charge in [0.25, 0.3) is 10.1 Å². The normalized spacial score (nSPS) is 28.2. The molecule has 5 heteroatoms. The van der Waals surface area contributed by atoms with Crippen molar-refractivity contribution in [3.8, 4) is 0 Å². The molecular formula is C12H13NO3S. The van der Waals surface area contributed by atoms with Crippen molar-refractivity contribution in [2.24, 2.45) is 5.73 Å². The average molecular weight is 251 g/mol. The van der Waals surface area contributed by atoms with Crippen LogP contribution < -0.4 is 5.73 Å². The number of rotatable bonds is 2. The van der Waals surface area contributed by atoms with Crippen LogP contribution >= 0.6 is 0 Å². The third-order valence-corrected chi connectivity index (χ3v) is 4.42. The Morgan fingerprint density at radius 3 is 2.35 bits per heavy atom. The largest absolute Gasteiger partial charge is 0.322 e. The zero-order valence-electron chi connectivity index (χ0n) is 9.02. The topological polar surface area (TPSA) is 80.4 Å². The minimum absolute atomic E-state index is 0.454. The van der Waals surface area contributed by atoms with Crippen molar-refractivity contribution in [2.45, 2.75) is 10.8 Å². The van der Waals surface area contributed by atoms with Crippen molar-refractivity contribution in [1.82, 2.24) is 0 Å². The second-order valence-corrected chi connectivity index (χ2v) is 5.53. The summed E-state index contributed by atoms with van der Waals surface area (Å²) in [5, 5.41) is 0. The van der Waals surface area contributed by atoms with Gasteiger partial charge in [0, 0.05) is 0 Å². The monoisotopic (exact) mass is 251 g/mol. The van der Waals surface area contributed by atoms with Crippen LogP contribution in [0.4, 0.5) is 0 Å². The molecule has 0 aliphatic heterocycles. The first-order chi connectivity index (χ1) is 7.98. The van der Waals surface area contributed by atoms with Crippen LogP contribution in [0.1, 0.15) is 5.56 Å². The Bertz CT molecular complexity index is 563. The van der Waals surface area contributed by atoms with Gasteiger partial charge >= 0.3 is 0 Å². The molecule has 0 bridgehead atoms. The van der Waals surface area contributed by atoms with E-state index in [0.717, 1.165) is 0 Å². The Morgan fingerprint density at radius 1 is 1.18 bits per heavy atom. The van der Waals surface area contributed by atoms with Crippen LogP contribution in [0.5, 0.6) is 0 Å². The summed E-state index contributed by atoms with van der Waals surface area (Å²) >= 11 is 0. The molecular weight excluding hydrogens is 238 g/mol. The molecule has 0 saturated heterocycles. The van der Waals surface area contributed by atoms with Crippen molar-refractivity contribution in [2.75, 3.05) is 0 Å². The first-order valence-electron chi connectivity index (χ1n) is 5.12. The van der Waals surface area contributed by atoms with Crippen LogP contribution in [0.25, 0.3) is 0 Å². The van der Waals surface area contributed by atoms with E-state index in [1.807, 2.05) is 0 Å². The number of hydrogen-bond donors (Lipinski definition) is 2. The lowest BCUT2D eigenvalue weighted by Gasteiger charge is -2.33. The number of nitrogens with two attached hydrogens (primary N) is 1. The standard InChI is InChI=1S/C12H13NO3S/c13-11-8-4-5-9-12(11,17(14,15)16)10-6-2-1-3-7-10/h1-9,11H,13H2,(H,14,15,16)/t11-,12+/m0/s1. The third kappa shape index (κ3) is 1.82. The molecule has 0 saturated carbocycles. The van der Waals surface area contributed by atoms with Gasteiger partial charge < -0.3 is 5.73 Å². The number of allylic oxidation sites excluding steroid dienone is 2. The van der Waals surface area contributed by atoms with Gasteiger partial charge in [-0.2, -0.15) is 8.42 Å². The van der Waals surface area contributed by atoms with E-state index in [1.165, 1.54) is 6.08 Å². The van der Waals surface area contributed by atoms with E-state index in [-0.39, 0.29) is 0 Å². The van der Waals surface area contributed by atoms with Crippen molar-refractivity contribution in [1.29, 1.82) is 0 Å². The van der Waals surface area contributed by atoms with Crippen LogP contribution in [0.3, 0.4) is 0 Å². The zero-order chi connectivity index (χ0) is 12.5. The fourth-order valence-electron chi connectivity index (χ4n) is 2.03. The second kappa shape index (κ2) is 4.10.